The summed E-state index contributed by atoms with van der Waals surface area (Å²) in [5, 5.41) is 4.14. The fourth-order valence-corrected chi connectivity index (χ4v) is 6.78. The Hall–Kier alpha value is -5.16. The Morgan fingerprint density at radius 2 is 1.50 bits per heavy atom. The van der Waals surface area contributed by atoms with Crippen LogP contribution in [0.4, 0.5) is 5.69 Å². The van der Waals surface area contributed by atoms with Gasteiger partial charge in [-0.3, -0.25) is 14.3 Å². The summed E-state index contributed by atoms with van der Waals surface area (Å²) in [6, 6.07) is 26.6. The molecular formula is C33H34N6O4S. The molecule has 0 saturated heterocycles. The maximum absolute atomic E-state index is 13.9. The monoisotopic (exact) mass is 610 g/mol. The molecule has 1 amide bonds. The van der Waals surface area contributed by atoms with Crippen LogP contribution in [0.5, 0.6) is 0 Å². The first-order valence-electron chi connectivity index (χ1n) is 14.0. The lowest BCUT2D eigenvalue weighted by atomic mass is 10.2. The molecule has 0 aliphatic rings. The van der Waals surface area contributed by atoms with E-state index in [0.29, 0.717) is 11.4 Å². The summed E-state index contributed by atoms with van der Waals surface area (Å²) < 4.78 is 33.8. The minimum absolute atomic E-state index is 0.0474. The van der Waals surface area contributed by atoms with Crippen LogP contribution < -0.4 is 15.3 Å². The number of amides is 1. The van der Waals surface area contributed by atoms with E-state index in [4.69, 9.17) is 0 Å². The first-order valence-corrected chi connectivity index (χ1v) is 15.4. The number of rotatable bonds is 9. The molecule has 5 aromatic rings. The van der Waals surface area contributed by atoms with E-state index in [-0.39, 0.29) is 10.6 Å². The fraction of sp³-hybridized carbons (Fsp3) is 0.182. The van der Waals surface area contributed by atoms with E-state index in [1.807, 2.05) is 57.2 Å². The minimum atomic E-state index is -4.31. The number of sulfonamides is 1. The third kappa shape index (κ3) is 5.61. The van der Waals surface area contributed by atoms with Gasteiger partial charge in [0.1, 0.15) is 12.2 Å². The Balaban J connectivity index is 1.47. The van der Waals surface area contributed by atoms with Crippen molar-refractivity contribution in [2.75, 3.05) is 10.8 Å². The molecule has 10 nitrogen and oxygen atoms in total. The van der Waals surface area contributed by atoms with Crippen LogP contribution in [0, 0.1) is 27.7 Å². The summed E-state index contributed by atoms with van der Waals surface area (Å²) in [6.45, 7) is 6.98. The predicted octanol–water partition coefficient (Wildman–Crippen LogP) is 4.55. The zero-order valence-corrected chi connectivity index (χ0v) is 26.0. The highest BCUT2D eigenvalue weighted by Gasteiger charge is 2.33. The van der Waals surface area contributed by atoms with E-state index in [9.17, 15) is 18.0 Å². The molecule has 2 heterocycles. The van der Waals surface area contributed by atoms with Crippen molar-refractivity contribution in [1.29, 1.82) is 0 Å². The quantitative estimate of drug-likeness (QED) is 0.195. The van der Waals surface area contributed by atoms with Crippen molar-refractivity contribution in [3.63, 3.8) is 0 Å². The number of hydrogen-bond donors (Lipinski definition) is 1. The molecule has 0 saturated carbocycles. The van der Waals surface area contributed by atoms with E-state index in [2.05, 4.69) is 15.1 Å². The van der Waals surface area contributed by atoms with Crippen LogP contribution in [-0.2, 0) is 21.9 Å². The lowest BCUT2D eigenvalue weighted by Gasteiger charge is -2.22. The molecule has 0 atom stereocenters. The van der Waals surface area contributed by atoms with Crippen LogP contribution in [0.3, 0.4) is 0 Å². The zero-order valence-electron chi connectivity index (χ0n) is 25.2. The molecule has 3 aromatic carbocycles. The highest BCUT2D eigenvalue weighted by atomic mass is 32.2. The van der Waals surface area contributed by atoms with Crippen molar-refractivity contribution in [2.45, 2.75) is 32.6 Å². The van der Waals surface area contributed by atoms with Gasteiger partial charge < -0.3 is 4.57 Å². The van der Waals surface area contributed by atoms with E-state index >= 15 is 0 Å². The van der Waals surface area contributed by atoms with Crippen molar-refractivity contribution in [3.8, 4) is 11.4 Å². The third-order valence-electron chi connectivity index (χ3n) is 7.61. The van der Waals surface area contributed by atoms with E-state index in [1.54, 1.807) is 61.1 Å². The number of carbonyl (C=O) groups excluding carboxylic acids is 1. The van der Waals surface area contributed by atoms with Crippen molar-refractivity contribution >= 4 is 27.8 Å². The van der Waals surface area contributed by atoms with Gasteiger partial charge in [-0.2, -0.15) is 5.10 Å². The number of carbonyl (C=O) groups is 1. The molecule has 5 rings (SSSR count). The Morgan fingerprint density at radius 1 is 0.886 bits per heavy atom. The minimum Gasteiger partial charge on any atom is -0.318 e. The normalized spacial score (nSPS) is 11.7. The SMILES string of the molecule is Cc1ccccc1-n1c(C)cc(/C=N/NC(=O)CN(c2c(C)n(C)n(-c3ccccc3)c2=O)S(=O)(=O)c2ccccc2)c1C. The van der Waals surface area contributed by atoms with Crippen LogP contribution >= 0.6 is 0 Å². The molecule has 226 valence electrons. The van der Waals surface area contributed by atoms with Crippen molar-refractivity contribution in [3.05, 3.63) is 130 Å². The summed E-state index contributed by atoms with van der Waals surface area (Å²) in [4.78, 5) is 27.0. The van der Waals surface area contributed by atoms with Gasteiger partial charge in [-0.15, -0.1) is 0 Å². The summed E-state index contributed by atoms with van der Waals surface area (Å²) in [7, 11) is -2.65. The van der Waals surface area contributed by atoms with Crippen LogP contribution in [0.2, 0.25) is 0 Å². The topological polar surface area (TPSA) is 111 Å². The van der Waals surface area contributed by atoms with Crippen molar-refractivity contribution in [2.24, 2.45) is 12.1 Å². The molecule has 0 spiro atoms. The number of aromatic nitrogens is 3. The van der Waals surface area contributed by atoms with E-state index < -0.39 is 28.0 Å². The molecule has 1 N–H and O–H groups in total. The van der Waals surface area contributed by atoms with Gasteiger partial charge in [-0.25, -0.2) is 22.8 Å². The molecule has 44 heavy (non-hydrogen) atoms. The number of aryl methyl sites for hydroxylation is 2. The highest BCUT2D eigenvalue weighted by molar-refractivity contribution is 7.92. The molecule has 0 fully saturated rings. The van der Waals surface area contributed by atoms with E-state index in [0.717, 1.165) is 32.5 Å². The number of nitrogens with one attached hydrogen (secondary N) is 1. The smallest absolute Gasteiger partial charge is 0.296 e. The van der Waals surface area contributed by atoms with Crippen LogP contribution in [0.1, 0.15) is 28.2 Å². The zero-order chi connectivity index (χ0) is 31.6. The van der Waals surface area contributed by atoms with Gasteiger partial charge in [0.2, 0.25) is 0 Å². The summed E-state index contributed by atoms with van der Waals surface area (Å²) in [6.07, 6.45) is 1.53. The van der Waals surface area contributed by atoms with Gasteiger partial charge in [-0.1, -0.05) is 54.6 Å². The molecular weight excluding hydrogens is 576 g/mol. The molecule has 0 aliphatic heterocycles. The Labute approximate surface area is 256 Å². The number of anilines is 1. The predicted molar refractivity (Wildman–Crippen MR) is 172 cm³/mol. The first kappa shape index (κ1) is 30.3. The second kappa shape index (κ2) is 12.2. The summed E-state index contributed by atoms with van der Waals surface area (Å²) in [5.74, 6) is -0.706. The number of nitrogens with zero attached hydrogens (tertiary/aromatic N) is 5. The fourth-order valence-electron chi connectivity index (χ4n) is 5.29. The molecule has 0 bridgehead atoms. The van der Waals surface area contributed by atoms with Crippen LogP contribution in [0.25, 0.3) is 11.4 Å². The number of hydrogen-bond acceptors (Lipinski definition) is 5. The van der Waals surface area contributed by atoms with Gasteiger partial charge >= 0.3 is 0 Å². The van der Waals surface area contributed by atoms with Gasteiger partial charge in [-0.05, 0) is 69.7 Å². The Bertz CT molecular complexity index is 2020. The molecule has 0 unspecified atom stereocenters. The first-order chi connectivity index (χ1) is 21.0. The molecule has 11 heteroatoms. The maximum atomic E-state index is 13.9. The Kier molecular flexibility index (Phi) is 8.41. The molecule has 0 aliphatic carbocycles. The Morgan fingerprint density at radius 3 is 2.16 bits per heavy atom. The van der Waals surface area contributed by atoms with Crippen molar-refractivity contribution < 1.29 is 13.2 Å². The number of hydrazone groups is 1. The second-order valence-electron chi connectivity index (χ2n) is 10.5. The van der Waals surface area contributed by atoms with E-state index in [1.165, 1.54) is 23.0 Å². The lowest BCUT2D eigenvalue weighted by Crippen LogP contribution is -2.42. The summed E-state index contributed by atoms with van der Waals surface area (Å²) >= 11 is 0. The average molecular weight is 611 g/mol. The van der Waals surface area contributed by atoms with Gasteiger partial charge in [0.25, 0.3) is 21.5 Å². The molecule has 0 radical (unpaired) electrons. The standard InChI is InChI=1S/C33H34N6O4S/c1-23-14-12-13-19-30(23)38-24(2)20-27(25(38)3)21-34-35-31(40)22-37(44(42,43)29-17-10-7-11-18-29)32-26(4)36(5)39(33(32)41)28-15-8-6-9-16-28/h6-21H,22H2,1-5H3,(H,35,40)/b34-21+. The maximum Gasteiger partial charge on any atom is 0.296 e. The number of benzene rings is 3. The lowest BCUT2D eigenvalue weighted by molar-refractivity contribution is -0.119. The molecule has 2 aromatic heterocycles. The van der Waals surface area contributed by atoms with Gasteiger partial charge in [0.15, 0.2) is 0 Å². The average Bonchev–Trinajstić information content (AvgIpc) is 3.41. The number of para-hydroxylation sites is 2. The van der Waals surface area contributed by atoms with Gasteiger partial charge in [0, 0.05) is 29.7 Å². The third-order valence-corrected chi connectivity index (χ3v) is 9.37. The van der Waals surface area contributed by atoms with Crippen LogP contribution in [0.15, 0.2) is 106 Å². The second-order valence-corrected chi connectivity index (χ2v) is 12.3. The summed E-state index contributed by atoms with van der Waals surface area (Å²) in [5.41, 5.74) is 7.59. The van der Waals surface area contributed by atoms with Crippen LogP contribution in [-0.4, -0.2) is 41.0 Å². The van der Waals surface area contributed by atoms with Gasteiger partial charge in [0.05, 0.1) is 22.5 Å². The van der Waals surface area contributed by atoms with Crippen molar-refractivity contribution in [1.82, 2.24) is 19.4 Å². The highest BCUT2D eigenvalue weighted by Crippen LogP contribution is 2.26. The largest absolute Gasteiger partial charge is 0.318 e.